The van der Waals surface area contributed by atoms with E-state index in [-0.39, 0.29) is 35.9 Å². The zero-order valence-electron chi connectivity index (χ0n) is 16.0. The van der Waals surface area contributed by atoms with E-state index in [1.165, 1.54) is 6.20 Å². The summed E-state index contributed by atoms with van der Waals surface area (Å²) in [5, 5.41) is 4.52. The summed E-state index contributed by atoms with van der Waals surface area (Å²) in [6.07, 6.45) is -5.66. The summed E-state index contributed by atoms with van der Waals surface area (Å²) in [5.74, 6) is 0.189. The first-order valence-electron chi connectivity index (χ1n) is 9.49. The molecule has 2 aliphatic rings. The molecular weight excluding hydrogens is 393 g/mol. The smallest absolute Gasteiger partial charge is 0.383 e. The molecule has 0 unspecified atom stereocenters. The highest BCUT2D eigenvalue weighted by molar-refractivity contribution is 5.63. The molecule has 0 radical (unpaired) electrons. The summed E-state index contributed by atoms with van der Waals surface area (Å²) in [5.41, 5.74) is 5.99. The Hall–Kier alpha value is -2.23. The van der Waals surface area contributed by atoms with Gasteiger partial charge in [0.25, 0.3) is 6.43 Å². The average Bonchev–Trinajstić information content (AvgIpc) is 2.96. The SMILES string of the molecule is CC(C)n1nc(-c2cnc(N)c(C(F)(F)F)c2)cc1[C@H]1[C@@H]2CN(CC(F)F)C[C@@H]21. The summed E-state index contributed by atoms with van der Waals surface area (Å²) in [4.78, 5) is 5.46. The lowest BCUT2D eigenvalue weighted by Crippen LogP contribution is -2.29. The number of pyridine rings is 1. The number of rotatable bonds is 5. The van der Waals surface area contributed by atoms with Crippen LogP contribution in [0, 0.1) is 11.8 Å². The number of nitrogen functional groups attached to an aromatic ring is 1. The summed E-state index contributed by atoms with van der Waals surface area (Å²) in [6, 6.07) is 2.78. The van der Waals surface area contributed by atoms with Crippen molar-refractivity contribution in [2.45, 2.75) is 38.4 Å². The van der Waals surface area contributed by atoms with Gasteiger partial charge in [-0.3, -0.25) is 9.58 Å². The first-order chi connectivity index (χ1) is 13.6. The van der Waals surface area contributed by atoms with Gasteiger partial charge in [0, 0.05) is 42.5 Å². The molecule has 0 spiro atoms. The number of alkyl halides is 5. The second-order valence-corrected chi connectivity index (χ2v) is 8.11. The Labute approximate surface area is 164 Å². The third kappa shape index (κ3) is 3.70. The third-order valence-electron chi connectivity index (χ3n) is 5.78. The molecule has 2 aromatic rings. The second kappa shape index (κ2) is 6.93. The molecule has 1 aliphatic carbocycles. The molecule has 1 saturated heterocycles. The molecule has 4 rings (SSSR count). The van der Waals surface area contributed by atoms with Crippen LogP contribution in [-0.4, -0.2) is 45.7 Å². The van der Waals surface area contributed by atoms with E-state index in [4.69, 9.17) is 5.73 Å². The highest BCUT2D eigenvalue weighted by Crippen LogP contribution is 2.58. The predicted octanol–water partition coefficient (Wildman–Crippen LogP) is 4.04. The largest absolute Gasteiger partial charge is 0.419 e. The molecule has 1 saturated carbocycles. The average molecular weight is 415 g/mol. The number of aromatic nitrogens is 3. The van der Waals surface area contributed by atoms with Crippen LogP contribution < -0.4 is 5.73 Å². The van der Waals surface area contributed by atoms with Crippen LogP contribution in [0.15, 0.2) is 18.3 Å². The molecule has 2 aromatic heterocycles. The quantitative estimate of drug-likeness (QED) is 0.749. The van der Waals surface area contributed by atoms with Gasteiger partial charge in [-0.1, -0.05) is 0 Å². The predicted molar refractivity (Wildman–Crippen MR) is 97.4 cm³/mol. The first-order valence-corrected chi connectivity index (χ1v) is 9.49. The van der Waals surface area contributed by atoms with E-state index in [9.17, 15) is 22.0 Å². The van der Waals surface area contributed by atoms with Gasteiger partial charge >= 0.3 is 6.18 Å². The van der Waals surface area contributed by atoms with Crippen molar-refractivity contribution in [3.63, 3.8) is 0 Å². The van der Waals surface area contributed by atoms with E-state index in [1.807, 2.05) is 18.5 Å². The second-order valence-electron chi connectivity index (χ2n) is 8.11. The summed E-state index contributed by atoms with van der Waals surface area (Å²) < 4.78 is 66.6. The fourth-order valence-corrected chi connectivity index (χ4v) is 4.45. The lowest BCUT2D eigenvalue weighted by atomic mass is 10.1. The molecular formula is C19H22F5N5. The number of likely N-dealkylation sites (tertiary alicyclic amines) is 1. The van der Waals surface area contributed by atoms with Crippen molar-refractivity contribution in [2.75, 3.05) is 25.4 Å². The number of piperidine rings is 1. The van der Waals surface area contributed by atoms with Crippen molar-refractivity contribution in [2.24, 2.45) is 11.8 Å². The molecule has 10 heteroatoms. The molecule has 5 nitrogen and oxygen atoms in total. The number of halogens is 5. The van der Waals surface area contributed by atoms with Crippen molar-refractivity contribution in [1.29, 1.82) is 0 Å². The van der Waals surface area contributed by atoms with Gasteiger partial charge in [-0.2, -0.15) is 18.3 Å². The molecule has 2 N–H and O–H groups in total. The number of fused-ring (bicyclic) bond motifs is 1. The minimum atomic E-state index is -4.60. The molecule has 29 heavy (non-hydrogen) atoms. The molecule has 1 aliphatic heterocycles. The van der Waals surface area contributed by atoms with Crippen molar-refractivity contribution in [3.8, 4) is 11.3 Å². The van der Waals surface area contributed by atoms with Gasteiger partial charge in [0.2, 0.25) is 0 Å². The number of anilines is 1. The van der Waals surface area contributed by atoms with Crippen LogP contribution >= 0.6 is 0 Å². The van der Waals surface area contributed by atoms with Crippen molar-refractivity contribution in [3.05, 3.63) is 29.6 Å². The van der Waals surface area contributed by atoms with E-state index in [0.717, 1.165) is 11.8 Å². The van der Waals surface area contributed by atoms with E-state index in [0.29, 0.717) is 18.8 Å². The normalized spacial score (nSPS) is 24.5. The fraction of sp³-hybridized carbons (Fsp3) is 0.579. The van der Waals surface area contributed by atoms with Crippen molar-refractivity contribution in [1.82, 2.24) is 19.7 Å². The zero-order valence-corrected chi connectivity index (χ0v) is 16.0. The zero-order chi connectivity index (χ0) is 21.1. The lowest BCUT2D eigenvalue weighted by Gasteiger charge is -2.19. The molecule has 158 valence electrons. The van der Waals surface area contributed by atoms with Crippen LogP contribution in [0.25, 0.3) is 11.3 Å². The van der Waals surface area contributed by atoms with Gasteiger partial charge in [0.05, 0.1) is 17.8 Å². The number of hydrogen-bond donors (Lipinski definition) is 1. The molecule has 0 aromatic carbocycles. The maximum absolute atomic E-state index is 13.2. The Morgan fingerprint density at radius 2 is 1.83 bits per heavy atom. The first kappa shape index (κ1) is 20.1. The summed E-state index contributed by atoms with van der Waals surface area (Å²) >= 11 is 0. The Kier molecular flexibility index (Phi) is 4.79. The maximum Gasteiger partial charge on any atom is 0.419 e. The maximum atomic E-state index is 13.2. The van der Waals surface area contributed by atoms with Gasteiger partial charge in [0.1, 0.15) is 5.82 Å². The van der Waals surface area contributed by atoms with Gasteiger partial charge < -0.3 is 5.73 Å². The highest BCUT2D eigenvalue weighted by Gasteiger charge is 2.57. The minimum Gasteiger partial charge on any atom is -0.383 e. The Morgan fingerprint density at radius 3 is 2.38 bits per heavy atom. The molecule has 3 heterocycles. The molecule has 0 bridgehead atoms. The van der Waals surface area contributed by atoms with E-state index >= 15 is 0 Å². The van der Waals surface area contributed by atoms with Crippen molar-refractivity contribution < 1.29 is 22.0 Å². The lowest BCUT2D eigenvalue weighted by molar-refractivity contribution is -0.137. The van der Waals surface area contributed by atoms with Crippen LogP contribution in [0.3, 0.4) is 0 Å². The van der Waals surface area contributed by atoms with Crippen molar-refractivity contribution >= 4 is 5.82 Å². The highest BCUT2D eigenvalue weighted by atomic mass is 19.4. The molecule has 2 fully saturated rings. The van der Waals surface area contributed by atoms with Crippen LogP contribution in [0.5, 0.6) is 0 Å². The number of hydrogen-bond acceptors (Lipinski definition) is 4. The summed E-state index contributed by atoms with van der Waals surface area (Å²) in [7, 11) is 0. The van der Waals surface area contributed by atoms with Crippen LogP contribution in [0.1, 0.15) is 37.1 Å². The topological polar surface area (TPSA) is 60.0 Å². The molecule has 0 amide bonds. The monoisotopic (exact) mass is 415 g/mol. The van der Waals surface area contributed by atoms with E-state index in [2.05, 4.69) is 10.1 Å². The molecule has 3 atom stereocenters. The summed E-state index contributed by atoms with van der Waals surface area (Å²) in [6.45, 7) is 4.90. The van der Waals surface area contributed by atoms with Crippen LogP contribution in [-0.2, 0) is 6.18 Å². The third-order valence-corrected chi connectivity index (χ3v) is 5.78. The minimum absolute atomic E-state index is 0.0149. The van der Waals surface area contributed by atoms with Crippen LogP contribution in [0.4, 0.5) is 27.8 Å². The number of nitrogens with two attached hydrogens (primary N) is 1. The standard InChI is InChI=1S/C19H22F5N5/c1-9(2)29-15(17-11-6-28(7-12(11)17)8-16(20)21)4-14(27-29)10-3-13(19(22,23)24)18(25)26-5-10/h3-5,9,11-12,16-17H,6-8H2,1-2H3,(H2,25,26)/t11-,12+,17+. The fourth-order valence-electron chi connectivity index (χ4n) is 4.45. The Morgan fingerprint density at radius 1 is 1.17 bits per heavy atom. The van der Waals surface area contributed by atoms with Gasteiger partial charge in [-0.25, -0.2) is 13.8 Å². The van der Waals surface area contributed by atoms with E-state index in [1.54, 1.807) is 11.0 Å². The van der Waals surface area contributed by atoms with Crippen LogP contribution in [0.2, 0.25) is 0 Å². The Bertz CT molecular complexity index is 895. The number of nitrogens with zero attached hydrogens (tertiary/aromatic N) is 4. The Balaban J connectivity index is 1.61. The van der Waals surface area contributed by atoms with E-state index < -0.39 is 24.0 Å². The van der Waals surface area contributed by atoms with Gasteiger partial charge in [-0.15, -0.1) is 0 Å². The van der Waals surface area contributed by atoms with Gasteiger partial charge in [0.15, 0.2) is 0 Å². The van der Waals surface area contributed by atoms with Gasteiger partial charge in [-0.05, 0) is 37.8 Å².